The Bertz CT molecular complexity index is 902. The van der Waals surface area contributed by atoms with Crippen LogP contribution in [0.1, 0.15) is 11.1 Å². The summed E-state index contributed by atoms with van der Waals surface area (Å²) in [6.45, 7) is -0.722. The van der Waals surface area contributed by atoms with Crippen LogP contribution in [0.15, 0.2) is 47.4 Å². The van der Waals surface area contributed by atoms with Crippen molar-refractivity contribution in [2.45, 2.75) is 11.5 Å². The van der Waals surface area contributed by atoms with E-state index < -0.39 is 22.5 Å². The van der Waals surface area contributed by atoms with E-state index in [-0.39, 0.29) is 11.5 Å². The number of carbonyl (C=O) groups excluding carboxylic acids is 1. The molecular weight excluding hydrogens is 387 g/mol. The summed E-state index contributed by atoms with van der Waals surface area (Å²) >= 11 is 11.9. The number of sulfonamides is 1. The van der Waals surface area contributed by atoms with Crippen molar-refractivity contribution in [2.75, 3.05) is 6.54 Å². The molecule has 0 radical (unpaired) electrons. The summed E-state index contributed by atoms with van der Waals surface area (Å²) in [5, 5.41) is 9.40. The second-order valence-electron chi connectivity index (χ2n) is 4.82. The molecule has 2 aromatic carbocycles. The second-order valence-corrected chi connectivity index (χ2v) is 7.40. The van der Waals surface area contributed by atoms with E-state index in [9.17, 15) is 13.2 Å². The van der Waals surface area contributed by atoms with Crippen LogP contribution in [0, 0.1) is 11.3 Å². The number of rotatable bonds is 6. The van der Waals surface area contributed by atoms with Crippen molar-refractivity contribution in [3.8, 4) is 6.07 Å². The fourth-order valence-electron chi connectivity index (χ4n) is 1.82. The standard InChI is InChI=1S/C16H12Cl2N2O4S/c17-14-2-1-3-15(18)13(14)10-24-16(21)9-20-25(22,23)12-6-4-11(8-19)5-7-12/h1-7,20H,9-10H2. The molecule has 6 nitrogen and oxygen atoms in total. The Morgan fingerprint density at radius 2 is 1.72 bits per heavy atom. The molecule has 0 saturated heterocycles. The van der Waals surface area contributed by atoms with Crippen molar-refractivity contribution >= 4 is 39.2 Å². The lowest BCUT2D eigenvalue weighted by molar-refractivity contribution is -0.143. The number of halogens is 2. The van der Waals surface area contributed by atoms with E-state index in [1.165, 1.54) is 24.3 Å². The highest BCUT2D eigenvalue weighted by molar-refractivity contribution is 7.89. The maximum absolute atomic E-state index is 12.1. The lowest BCUT2D eigenvalue weighted by Gasteiger charge is -2.09. The molecule has 9 heteroatoms. The number of benzene rings is 2. The highest BCUT2D eigenvalue weighted by Crippen LogP contribution is 2.24. The predicted molar refractivity (Wildman–Crippen MR) is 92.6 cm³/mol. The summed E-state index contributed by atoms with van der Waals surface area (Å²) in [5.74, 6) is -0.784. The number of nitrogens with one attached hydrogen (secondary N) is 1. The molecule has 0 unspecified atom stereocenters. The van der Waals surface area contributed by atoms with Gasteiger partial charge in [-0.05, 0) is 36.4 Å². The van der Waals surface area contributed by atoms with E-state index in [0.29, 0.717) is 21.2 Å². The van der Waals surface area contributed by atoms with Crippen molar-refractivity contribution in [3.63, 3.8) is 0 Å². The van der Waals surface area contributed by atoms with E-state index in [0.717, 1.165) is 0 Å². The van der Waals surface area contributed by atoms with Gasteiger partial charge in [-0.2, -0.15) is 9.98 Å². The highest BCUT2D eigenvalue weighted by atomic mass is 35.5. The van der Waals surface area contributed by atoms with Crippen LogP contribution in [0.4, 0.5) is 0 Å². The first-order valence-electron chi connectivity index (χ1n) is 6.92. The number of hydrogen-bond donors (Lipinski definition) is 1. The largest absolute Gasteiger partial charge is 0.460 e. The zero-order chi connectivity index (χ0) is 18.4. The van der Waals surface area contributed by atoms with Gasteiger partial charge in [0.15, 0.2) is 0 Å². The lowest BCUT2D eigenvalue weighted by atomic mass is 10.2. The van der Waals surface area contributed by atoms with Crippen molar-refractivity contribution in [1.29, 1.82) is 5.26 Å². The van der Waals surface area contributed by atoms with Gasteiger partial charge in [0.05, 0.1) is 16.5 Å². The first-order valence-corrected chi connectivity index (χ1v) is 9.16. The summed E-state index contributed by atoms with van der Waals surface area (Å²) in [4.78, 5) is 11.7. The first kappa shape index (κ1) is 19.2. The van der Waals surface area contributed by atoms with Gasteiger partial charge in [-0.3, -0.25) is 4.79 Å². The van der Waals surface area contributed by atoms with E-state index in [1.807, 2.05) is 6.07 Å². The quantitative estimate of drug-likeness (QED) is 0.754. The maximum Gasteiger partial charge on any atom is 0.321 e. The number of nitriles is 1. The molecular formula is C16H12Cl2N2O4S. The summed E-state index contributed by atoms with van der Waals surface area (Å²) in [6.07, 6.45) is 0. The zero-order valence-corrected chi connectivity index (χ0v) is 15.0. The Balaban J connectivity index is 1.93. The van der Waals surface area contributed by atoms with Crippen LogP contribution in [0.3, 0.4) is 0 Å². The molecule has 0 saturated carbocycles. The van der Waals surface area contributed by atoms with Gasteiger partial charge in [0, 0.05) is 15.6 Å². The molecule has 0 atom stereocenters. The van der Waals surface area contributed by atoms with Crippen molar-refractivity contribution in [3.05, 3.63) is 63.6 Å². The van der Waals surface area contributed by atoms with Gasteiger partial charge < -0.3 is 4.74 Å². The third kappa shape index (κ3) is 5.18. The third-order valence-corrected chi connectivity index (χ3v) is 5.26. The topological polar surface area (TPSA) is 96.3 Å². The molecule has 2 rings (SSSR count). The molecule has 2 aromatic rings. The van der Waals surface area contributed by atoms with Crippen molar-refractivity contribution < 1.29 is 17.9 Å². The lowest BCUT2D eigenvalue weighted by Crippen LogP contribution is -2.30. The number of hydrogen-bond acceptors (Lipinski definition) is 5. The second kappa shape index (κ2) is 8.32. The maximum atomic E-state index is 12.1. The first-order chi connectivity index (χ1) is 11.8. The predicted octanol–water partition coefficient (Wildman–Crippen LogP) is 2.89. The molecule has 0 aromatic heterocycles. The van der Waals surface area contributed by atoms with Crippen LogP contribution in [-0.4, -0.2) is 20.9 Å². The fourth-order valence-corrected chi connectivity index (χ4v) is 3.30. The molecule has 130 valence electrons. The monoisotopic (exact) mass is 398 g/mol. The number of esters is 1. The molecule has 0 aliphatic carbocycles. The van der Waals surface area contributed by atoms with E-state index >= 15 is 0 Å². The number of ether oxygens (including phenoxy) is 1. The van der Waals surface area contributed by atoms with Gasteiger partial charge in [0.2, 0.25) is 10.0 Å². The third-order valence-electron chi connectivity index (χ3n) is 3.14. The average Bonchev–Trinajstić information content (AvgIpc) is 2.59. The van der Waals surface area contributed by atoms with Crippen molar-refractivity contribution in [2.24, 2.45) is 0 Å². The minimum Gasteiger partial charge on any atom is -0.460 e. The van der Waals surface area contributed by atoms with Gasteiger partial charge in [0.25, 0.3) is 0 Å². The number of nitrogens with zero attached hydrogens (tertiary/aromatic N) is 1. The Kier molecular flexibility index (Phi) is 6.39. The minimum atomic E-state index is -3.89. The smallest absolute Gasteiger partial charge is 0.321 e. The molecule has 0 heterocycles. The van der Waals surface area contributed by atoms with E-state index in [1.54, 1.807) is 18.2 Å². The molecule has 0 bridgehead atoms. The minimum absolute atomic E-state index is 0.0616. The van der Waals surface area contributed by atoms with Crippen molar-refractivity contribution in [1.82, 2.24) is 4.72 Å². The van der Waals surface area contributed by atoms with Gasteiger partial charge in [-0.25, -0.2) is 8.42 Å². The Morgan fingerprint density at radius 1 is 1.12 bits per heavy atom. The van der Waals surface area contributed by atoms with Gasteiger partial charge in [0.1, 0.15) is 13.2 Å². The Morgan fingerprint density at radius 3 is 2.28 bits per heavy atom. The van der Waals surface area contributed by atoms with Crippen LogP contribution in [0.5, 0.6) is 0 Å². The zero-order valence-electron chi connectivity index (χ0n) is 12.7. The normalized spacial score (nSPS) is 10.9. The molecule has 0 aliphatic rings. The average molecular weight is 399 g/mol. The van der Waals surface area contributed by atoms with Gasteiger partial charge in [-0.1, -0.05) is 29.3 Å². The Labute approximate surface area is 155 Å². The summed E-state index contributed by atoms with van der Waals surface area (Å²) < 4.78 is 31.3. The van der Waals surface area contributed by atoms with Gasteiger partial charge in [-0.15, -0.1) is 0 Å². The highest BCUT2D eigenvalue weighted by Gasteiger charge is 2.16. The molecule has 0 aliphatic heterocycles. The summed E-state index contributed by atoms with van der Waals surface area (Å²) in [7, 11) is -3.89. The van der Waals surface area contributed by atoms with Crippen LogP contribution >= 0.6 is 23.2 Å². The summed E-state index contributed by atoms with van der Waals surface area (Å²) in [5.41, 5.74) is 0.768. The molecule has 0 amide bonds. The van der Waals surface area contributed by atoms with Crippen LogP contribution in [0.2, 0.25) is 10.0 Å². The molecule has 1 N–H and O–H groups in total. The number of carbonyl (C=O) groups is 1. The SMILES string of the molecule is N#Cc1ccc(S(=O)(=O)NCC(=O)OCc2c(Cl)cccc2Cl)cc1. The van der Waals surface area contributed by atoms with Crippen LogP contribution in [0.25, 0.3) is 0 Å². The Hall–Kier alpha value is -2.11. The van der Waals surface area contributed by atoms with Crippen LogP contribution in [-0.2, 0) is 26.2 Å². The van der Waals surface area contributed by atoms with E-state index in [2.05, 4.69) is 4.72 Å². The molecule has 0 spiro atoms. The molecule has 25 heavy (non-hydrogen) atoms. The summed E-state index contributed by atoms with van der Waals surface area (Å²) in [6, 6.07) is 12.0. The van der Waals surface area contributed by atoms with Gasteiger partial charge >= 0.3 is 5.97 Å². The van der Waals surface area contributed by atoms with Crippen LogP contribution < -0.4 is 4.72 Å². The molecule has 0 fully saturated rings. The fraction of sp³-hybridized carbons (Fsp3) is 0.125. The van der Waals surface area contributed by atoms with E-state index in [4.69, 9.17) is 33.2 Å².